The van der Waals surface area contributed by atoms with Crippen molar-refractivity contribution in [2.45, 2.75) is 0 Å². The highest BCUT2D eigenvalue weighted by molar-refractivity contribution is 6.03. The Balaban J connectivity index is 1.25. The maximum absolute atomic E-state index is 12.9. The van der Waals surface area contributed by atoms with Gasteiger partial charge in [-0.15, -0.1) is 0 Å². The first-order chi connectivity index (χ1) is 18.1. The summed E-state index contributed by atoms with van der Waals surface area (Å²) in [6.45, 7) is 4.87. The molecular weight excluding hydrogens is 474 g/mol. The van der Waals surface area contributed by atoms with E-state index < -0.39 is 0 Å². The number of amides is 1. The van der Waals surface area contributed by atoms with Gasteiger partial charge in [-0.2, -0.15) is 5.10 Å². The molecule has 192 valence electrons. The highest BCUT2D eigenvalue weighted by Crippen LogP contribution is 2.32. The van der Waals surface area contributed by atoms with Gasteiger partial charge in [0.1, 0.15) is 12.4 Å². The standard InChI is InChI=1S/C27H29N5O5/c1-34-24-8-3-19(17-25(24)35-2)23-9-10-28-26-18-22(30-32(23)26)27(33)29-20-4-6-21(7-5-20)37-16-13-31-11-14-36-15-12-31/h3-10,17-18H,11-16H2,1-2H3,(H,29,33). The lowest BCUT2D eigenvalue weighted by atomic mass is 10.1. The van der Waals surface area contributed by atoms with Gasteiger partial charge < -0.3 is 24.3 Å². The van der Waals surface area contributed by atoms with Crippen LogP contribution in [-0.4, -0.2) is 79.1 Å². The van der Waals surface area contributed by atoms with Crippen molar-refractivity contribution in [3.8, 4) is 28.5 Å². The average molecular weight is 504 g/mol. The predicted molar refractivity (Wildman–Crippen MR) is 139 cm³/mol. The van der Waals surface area contributed by atoms with Crippen LogP contribution in [0.25, 0.3) is 16.9 Å². The molecule has 0 saturated carbocycles. The van der Waals surface area contributed by atoms with Gasteiger partial charge in [-0.3, -0.25) is 9.69 Å². The highest BCUT2D eigenvalue weighted by atomic mass is 16.5. The monoisotopic (exact) mass is 503 g/mol. The summed E-state index contributed by atoms with van der Waals surface area (Å²) in [5, 5.41) is 7.41. The van der Waals surface area contributed by atoms with Crippen molar-refractivity contribution >= 4 is 17.2 Å². The molecule has 1 fully saturated rings. The molecule has 2 aromatic heterocycles. The van der Waals surface area contributed by atoms with Crippen LogP contribution >= 0.6 is 0 Å². The van der Waals surface area contributed by atoms with Crippen LogP contribution in [0.3, 0.4) is 0 Å². The Labute approximate surface area is 214 Å². The number of nitrogens with one attached hydrogen (secondary N) is 1. The SMILES string of the molecule is COc1ccc(-c2ccnc3cc(C(=O)Nc4ccc(OCCN5CCOCC5)cc4)nn23)cc1OC. The zero-order valence-corrected chi connectivity index (χ0v) is 20.8. The van der Waals surface area contributed by atoms with Gasteiger partial charge >= 0.3 is 0 Å². The minimum absolute atomic E-state index is 0.256. The molecule has 0 unspecified atom stereocenters. The van der Waals surface area contributed by atoms with Crippen LogP contribution in [0.1, 0.15) is 10.5 Å². The second kappa shape index (κ2) is 11.3. The van der Waals surface area contributed by atoms with Gasteiger partial charge in [0.2, 0.25) is 0 Å². The van der Waals surface area contributed by atoms with E-state index in [-0.39, 0.29) is 11.6 Å². The Morgan fingerprint density at radius 3 is 2.54 bits per heavy atom. The van der Waals surface area contributed by atoms with E-state index in [2.05, 4.69) is 20.3 Å². The number of hydrogen-bond acceptors (Lipinski definition) is 8. The molecule has 4 aromatic rings. The van der Waals surface area contributed by atoms with Crippen molar-refractivity contribution in [2.24, 2.45) is 0 Å². The minimum atomic E-state index is -0.329. The molecular formula is C27H29N5O5. The quantitative estimate of drug-likeness (QED) is 0.371. The molecule has 10 nitrogen and oxygen atoms in total. The minimum Gasteiger partial charge on any atom is -0.493 e. The van der Waals surface area contributed by atoms with E-state index in [1.54, 1.807) is 31.0 Å². The molecule has 0 radical (unpaired) electrons. The molecule has 1 amide bonds. The molecule has 0 aliphatic carbocycles. The molecule has 1 aliphatic heterocycles. The number of morpholine rings is 1. The number of ether oxygens (including phenoxy) is 4. The average Bonchev–Trinajstić information content (AvgIpc) is 3.39. The number of rotatable bonds is 9. The first-order valence-corrected chi connectivity index (χ1v) is 12.1. The van der Waals surface area contributed by atoms with E-state index in [0.29, 0.717) is 29.4 Å². The van der Waals surface area contributed by atoms with Crippen LogP contribution in [0.5, 0.6) is 17.2 Å². The lowest BCUT2D eigenvalue weighted by molar-refractivity contribution is 0.0322. The van der Waals surface area contributed by atoms with Crippen molar-refractivity contribution in [3.05, 3.63) is 66.5 Å². The number of nitrogens with zero attached hydrogens (tertiary/aromatic N) is 4. The fourth-order valence-corrected chi connectivity index (χ4v) is 4.17. The molecule has 0 bridgehead atoms. The second-order valence-electron chi connectivity index (χ2n) is 8.48. The number of fused-ring (bicyclic) bond motifs is 1. The van der Waals surface area contributed by atoms with E-state index in [0.717, 1.165) is 49.9 Å². The van der Waals surface area contributed by atoms with Gasteiger partial charge in [0.05, 0.1) is 33.1 Å². The van der Waals surface area contributed by atoms with Gasteiger partial charge in [-0.1, -0.05) is 0 Å². The first kappa shape index (κ1) is 24.5. The maximum atomic E-state index is 12.9. The molecule has 1 N–H and O–H groups in total. The van der Waals surface area contributed by atoms with E-state index >= 15 is 0 Å². The fourth-order valence-electron chi connectivity index (χ4n) is 4.17. The summed E-state index contributed by atoms with van der Waals surface area (Å²) in [4.78, 5) is 19.6. The number of aromatic nitrogens is 3. The van der Waals surface area contributed by atoms with Crippen LogP contribution in [-0.2, 0) is 4.74 Å². The van der Waals surface area contributed by atoms with Crippen molar-refractivity contribution in [2.75, 3.05) is 59.0 Å². The molecule has 5 rings (SSSR count). The molecule has 0 spiro atoms. The third-order valence-corrected chi connectivity index (χ3v) is 6.16. The van der Waals surface area contributed by atoms with Gasteiger partial charge in [-0.25, -0.2) is 9.50 Å². The van der Waals surface area contributed by atoms with Crippen molar-refractivity contribution < 1.29 is 23.7 Å². The van der Waals surface area contributed by atoms with Crippen LogP contribution in [0.15, 0.2) is 60.8 Å². The number of carbonyl (C=O) groups is 1. The molecule has 3 heterocycles. The predicted octanol–water partition coefficient (Wildman–Crippen LogP) is 3.38. The fraction of sp³-hybridized carbons (Fsp3) is 0.296. The summed E-state index contributed by atoms with van der Waals surface area (Å²) in [6, 6.07) is 16.4. The lowest BCUT2D eigenvalue weighted by Crippen LogP contribution is -2.38. The largest absolute Gasteiger partial charge is 0.493 e. The molecule has 0 atom stereocenters. The number of carbonyl (C=O) groups excluding carboxylic acids is 1. The van der Waals surface area contributed by atoms with Gasteiger partial charge in [0.15, 0.2) is 22.8 Å². The van der Waals surface area contributed by atoms with Crippen LogP contribution in [0.4, 0.5) is 5.69 Å². The van der Waals surface area contributed by atoms with Crippen molar-refractivity contribution in [1.29, 1.82) is 0 Å². The third-order valence-electron chi connectivity index (χ3n) is 6.16. The normalized spacial score (nSPS) is 13.9. The van der Waals surface area contributed by atoms with Crippen LogP contribution < -0.4 is 19.5 Å². The Kier molecular flexibility index (Phi) is 7.48. The molecule has 2 aromatic carbocycles. The first-order valence-electron chi connectivity index (χ1n) is 12.1. The maximum Gasteiger partial charge on any atom is 0.276 e. The van der Waals surface area contributed by atoms with E-state index in [1.807, 2.05) is 48.5 Å². The van der Waals surface area contributed by atoms with Crippen LogP contribution in [0.2, 0.25) is 0 Å². The van der Waals surface area contributed by atoms with E-state index in [1.165, 1.54) is 0 Å². The molecule has 37 heavy (non-hydrogen) atoms. The van der Waals surface area contributed by atoms with Gasteiger partial charge in [0, 0.05) is 43.1 Å². The van der Waals surface area contributed by atoms with E-state index in [9.17, 15) is 4.79 Å². The Morgan fingerprint density at radius 1 is 1.00 bits per heavy atom. The summed E-state index contributed by atoms with van der Waals surface area (Å²) in [7, 11) is 3.18. The Hall–Kier alpha value is -4.15. The number of anilines is 1. The van der Waals surface area contributed by atoms with E-state index in [4.69, 9.17) is 18.9 Å². The summed E-state index contributed by atoms with van der Waals surface area (Å²) in [5.41, 5.74) is 3.08. The van der Waals surface area contributed by atoms with Crippen molar-refractivity contribution in [3.63, 3.8) is 0 Å². The summed E-state index contributed by atoms with van der Waals surface area (Å²) >= 11 is 0. The Morgan fingerprint density at radius 2 is 1.78 bits per heavy atom. The number of methoxy groups -OCH3 is 2. The van der Waals surface area contributed by atoms with Crippen LogP contribution in [0, 0.1) is 0 Å². The zero-order valence-electron chi connectivity index (χ0n) is 20.8. The third kappa shape index (κ3) is 5.65. The number of hydrogen-bond donors (Lipinski definition) is 1. The molecule has 1 aliphatic rings. The smallest absolute Gasteiger partial charge is 0.276 e. The van der Waals surface area contributed by atoms with Gasteiger partial charge in [-0.05, 0) is 48.5 Å². The summed E-state index contributed by atoms with van der Waals surface area (Å²) in [6.07, 6.45) is 1.68. The molecule has 10 heteroatoms. The summed E-state index contributed by atoms with van der Waals surface area (Å²) in [5.74, 6) is 1.65. The van der Waals surface area contributed by atoms with Crippen molar-refractivity contribution in [1.82, 2.24) is 19.5 Å². The second-order valence-corrected chi connectivity index (χ2v) is 8.48. The zero-order chi connectivity index (χ0) is 25.6. The summed E-state index contributed by atoms with van der Waals surface area (Å²) < 4.78 is 23.6. The topological polar surface area (TPSA) is 99.5 Å². The molecule has 1 saturated heterocycles. The van der Waals surface area contributed by atoms with Gasteiger partial charge in [0.25, 0.3) is 5.91 Å². The Bertz CT molecular complexity index is 1370. The highest BCUT2D eigenvalue weighted by Gasteiger charge is 2.16. The number of benzene rings is 2. The lowest BCUT2D eigenvalue weighted by Gasteiger charge is -2.26.